The zero-order chi connectivity index (χ0) is 40.4. The fraction of sp³-hybridized carbons (Fsp3) is 0.537. The second kappa shape index (κ2) is 19.4. The number of rotatable bonds is 10. The second-order valence-electron chi connectivity index (χ2n) is 15.5. The molecule has 2 fully saturated rings. The Morgan fingerprint density at radius 3 is 1.95 bits per heavy atom. The molecule has 2 aliphatic rings. The van der Waals surface area contributed by atoms with E-state index in [2.05, 4.69) is 26.6 Å². The summed E-state index contributed by atoms with van der Waals surface area (Å²) in [6, 6.07) is 11.2. The Balaban J connectivity index is 1.73. The molecule has 2 aliphatic heterocycles. The maximum absolute atomic E-state index is 14.4. The van der Waals surface area contributed by atoms with Crippen LogP contribution in [-0.2, 0) is 51.1 Å². The van der Waals surface area contributed by atoms with Crippen LogP contribution < -0.4 is 26.6 Å². The highest BCUT2D eigenvalue weighted by molar-refractivity contribution is 5.98. The number of carbonyl (C=O) groups is 7. The fourth-order valence-electron chi connectivity index (χ4n) is 6.84. The van der Waals surface area contributed by atoms with E-state index in [1.54, 1.807) is 90.1 Å². The third-order valence-electron chi connectivity index (χ3n) is 10.0. The topological polar surface area (TPSA) is 192 Å². The summed E-state index contributed by atoms with van der Waals surface area (Å²) < 4.78 is 5.82. The van der Waals surface area contributed by atoms with Crippen LogP contribution in [0.1, 0.15) is 72.4 Å². The zero-order valence-corrected chi connectivity index (χ0v) is 32.8. The van der Waals surface area contributed by atoms with Crippen molar-refractivity contribution < 1.29 is 38.3 Å². The van der Waals surface area contributed by atoms with Gasteiger partial charge in [0, 0.05) is 13.0 Å². The van der Waals surface area contributed by atoms with Crippen molar-refractivity contribution in [3.63, 3.8) is 0 Å². The fourth-order valence-corrected chi connectivity index (χ4v) is 6.84. The third-order valence-corrected chi connectivity index (χ3v) is 10.0. The first-order valence-corrected chi connectivity index (χ1v) is 19.2. The molecule has 2 aromatic carbocycles. The zero-order valence-electron chi connectivity index (χ0n) is 32.8. The Labute approximate surface area is 323 Å². The van der Waals surface area contributed by atoms with Crippen molar-refractivity contribution in [1.82, 2.24) is 31.5 Å². The van der Waals surface area contributed by atoms with Crippen LogP contribution in [0.15, 0.2) is 60.7 Å². The summed E-state index contributed by atoms with van der Waals surface area (Å²) in [5.41, 5.74) is 1.48. The SMILES string of the molecule is CC(C)[C@H](NC(=O)Cc1ccccc1)C(=O)N[C@@H]1C(=O)N[C@@H](Cc2ccccc2)C(=O)N2CCC[C@H]2C(=O)N[C@@H](C(C)C)C(=O)N[C@@H](C(C)C)C(=O)O[C@@H]1C. The van der Waals surface area contributed by atoms with Crippen LogP contribution >= 0.6 is 0 Å². The van der Waals surface area contributed by atoms with E-state index in [4.69, 9.17) is 4.74 Å². The minimum absolute atomic E-state index is 0.0219. The second-order valence-corrected chi connectivity index (χ2v) is 15.5. The first-order valence-electron chi connectivity index (χ1n) is 19.2. The molecule has 0 bridgehead atoms. The first-order chi connectivity index (χ1) is 26.1. The Bertz CT molecular complexity index is 1680. The molecule has 0 saturated carbocycles. The number of nitrogens with one attached hydrogen (secondary N) is 5. The van der Waals surface area contributed by atoms with Gasteiger partial charge in [-0.25, -0.2) is 4.79 Å². The van der Waals surface area contributed by atoms with Crippen molar-refractivity contribution in [1.29, 1.82) is 0 Å². The van der Waals surface area contributed by atoms with Crippen LogP contribution in [-0.4, -0.2) is 95.2 Å². The number of ether oxygens (including phenoxy) is 1. The minimum Gasteiger partial charge on any atom is -0.458 e. The molecule has 14 heteroatoms. The van der Waals surface area contributed by atoms with E-state index in [1.807, 2.05) is 12.1 Å². The predicted molar refractivity (Wildman–Crippen MR) is 205 cm³/mol. The average Bonchev–Trinajstić information content (AvgIpc) is 3.63. The monoisotopic (exact) mass is 760 g/mol. The summed E-state index contributed by atoms with van der Waals surface area (Å²) in [5.74, 6) is -5.68. The summed E-state index contributed by atoms with van der Waals surface area (Å²) in [5, 5.41) is 13.8. The molecule has 2 aromatic rings. The number of nitrogens with zero attached hydrogens (tertiary/aromatic N) is 1. The number of cyclic esters (lactones) is 1. The van der Waals surface area contributed by atoms with Crippen molar-refractivity contribution in [2.45, 2.75) is 117 Å². The lowest BCUT2D eigenvalue weighted by Gasteiger charge is -2.34. The average molecular weight is 761 g/mol. The van der Waals surface area contributed by atoms with E-state index in [0.29, 0.717) is 12.8 Å². The summed E-state index contributed by atoms with van der Waals surface area (Å²) in [4.78, 5) is 98.5. The van der Waals surface area contributed by atoms with Gasteiger partial charge in [-0.15, -0.1) is 0 Å². The van der Waals surface area contributed by atoms with E-state index in [0.717, 1.165) is 11.1 Å². The van der Waals surface area contributed by atoms with Crippen LogP contribution in [0.2, 0.25) is 0 Å². The van der Waals surface area contributed by atoms with Crippen molar-refractivity contribution >= 4 is 41.4 Å². The molecule has 2 saturated heterocycles. The molecule has 5 N–H and O–H groups in total. The van der Waals surface area contributed by atoms with Gasteiger partial charge < -0.3 is 36.2 Å². The lowest BCUT2D eigenvalue weighted by molar-refractivity contribution is -0.157. The molecule has 14 nitrogen and oxygen atoms in total. The molecule has 0 spiro atoms. The summed E-state index contributed by atoms with van der Waals surface area (Å²) >= 11 is 0. The van der Waals surface area contributed by atoms with Crippen LogP contribution in [0, 0.1) is 17.8 Å². The number of benzene rings is 2. The van der Waals surface area contributed by atoms with Crippen LogP contribution in [0.4, 0.5) is 0 Å². The molecular formula is C41H56N6O8. The number of carbonyl (C=O) groups excluding carboxylic acids is 7. The van der Waals surface area contributed by atoms with Gasteiger partial charge in [-0.2, -0.15) is 0 Å². The van der Waals surface area contributed by atoms with E-state index in [9.17, 15) is 33.6 Å². The molecule has 55 heavy (non-hydrogen) atoms. The predicted octanol–water partition coefficient (Wildman–Crippen LogP) is 1.80. The van der Waals surface area contributed by atoms with E-state index >= 15 is 0 Å². The molecule has 0 unspecified atom stereocenters. The van der Waals surface area contributed by atoms with E-state index < -0.39 is 95.6 Å². The maximum Gasteiger partial charge on any atom is 0.329 e. The molecule has 298 valence electrons. The lowest BCUT2D eigenvalue weighted by Crippen LogP contribution is -2.63. The standard InChI is InChI=1S/C41H56N6O8/c1-23(2)32(43-31(48)22-28-17-12-9-13-18-28)37(50)46-35-26(7)55-41(54)34(25(5)6)45-38(51)33(24(3)4)44-36(49)30-19-14-20-47(30)40(53)29(42-39(35)52)21-27-15-10-8-11-16-27/h8-13,15-18,23-26,29-30,32-35H,14,19-22H2,1-7H3,(H,42,52)(H,43,48)(H,44,49)(H,45,51)(H,46,50)/t26-,29+,30+,32+,33+,34+,35+/m1/s1. The van der Waals surface area contributed by atoms with Gasteiger partial charge in [0.2, 0.25) is 35.4 Å². The molecule has 0 aromatic heterocycles. The number of fused-ring (bicyclic) bond motifs is 1. The van der Waals surface area contributed by atoms with E-state index in [1.165, 1.54) is 11.8 Å². The largest absolute Gasteiger partial charge is 0.458 e. The Morgan fingerprint density at radius 2 is 1.36 bits per heavy atom. The Kier molecular flexibility index (Phi) is 14.9. The van der Waals surface area contributed by atoms with Crippen LogP contribution in [0.25, 0.3) is 0 Å². The number of esters is 1. The molecule has 0 radical (unpaired) electrons. The highest BCUT2D eigenvalue weighted by Crippen LogP contribution is 2.21. The van der Waals surface area contributed by atoms with Crippen molar-refractivity contribution in [2.75, 3.05) is 6.54 Å². The molecule has 0 aliphatic carbocycles. The molecular weight excluding hydrogens is 704 g/mol. The maximum atomic E-state index is 14.4. The summed E-state index contributed by atoms with van der Waals surface area (Å²) in [6.45, 7) is 12.1. The normalized spacial score (nSPS) is 24.8. The molecule has 2 heterocycles. The van der Waals surface area contributed by atoms with Gasteiger partial charge in [-0.3, -0.25) is 28.8 Å². The van der Waals surface area contributed by atoms with Crippen LogP contribution in [0.3, 0.4) is 0 Å². The summed E-state index contributed by atoms with van der Waals surface area (Å²) in [6.07, 6.45) is -0.355. The molecule has 6 amide bonds. The number of amides is 6. The lowest BCUT2D eigenvalue weighted by atomic mass is 9.99. The van der Waals surface area contributed by atoms with Gasteiger partial charge >= 0.3 is 5.97 Å². The minimum atomic E-state index is -1.53. The third kappa shape index (κ3) is 11.4. The quantitative estimate of drug-likeness (QED) is 0.227. The Hall–Kier alpha value is -5.27. The smallest absolute Gasteiger partial charge is 0.329 e. The van der Waals surface area contributed by atoms with Crippen molar-refractivity contribution in [2.24, 2.45) is 17.8 Å². The van der Waals surface area contributed by atoms with Gasteiger partial charge in [0.05, 0.1) is 6.42 Å². The van der Waals surface area contributed by atoms with Gasteiger partial charge in [0.1, 0.15) is 42.4 Å². The van der Waals surface area contributed by atoms with Crippen molar-refractivity contribution in [3.8, 4) is 0 Å². The molecule has 4 rings (SSSR count). The van der Waals surface area contributed by atoms with Crippen LogP contribution in [0.5, 0.6) is 0 Å². The van der Waals surface area contributed by atoms with Crippen molar-refractivity contribution in [3.05, 3.63) is 71.8 Å². The molecule has 7 atom stereocenters. The van der Waals surface area contributed by atoms with Gasteiger partial charge in [-0.1, -0.05) is 102 Å². The van der Waals surface area contributed by atoms with E-state index in [-0.39, 0.29) is 25.3 Å². The summed E-state index contributed by atoms with van der Waals surface area (Å²) in [7, 11) is 0. The number of hydrogen-bond donors (Lipinski definition) is 5. The Morgan fingerprint density at radius 1 is 0.782 bits per heavy atom. The van der Waals surface area contributed by atoms with Gasteiger partial charge in [0.25, 0.3) is 0 Å². The highest BCUT2D eigenvalue weighted by atomic mass is 16.5. The highest BCUT2D eigenvalue weighted by Gasteiger charge is 2.42. The number of hydrogen-bond acceptors (Lipinski definition) is 8. The van der Waals surface area contributed by atoms with Gasteiger partial charge in [0.15, 0.2) is 0 Å². The van der Waals surface area contributed by atoms with Gasteiger partial charge in [-0.05, 0) is 48.6 Å². The first kappa shape index (κ1) is 42.5.